The molecule has 2 fully saturated rings. The van der Waals surface area contributed by atoms with E-state index in [-0.39, 0.29) is 11.8 Å². The number of amides is 2. The molecule has 2 aromatic carbocycles. The summed E-state index contributed by atoms with van der Waals surface area (Å²) in [5.74, 6) is 3.32. The molecule has 2 saturated heterocycles. The van der Waals surface area contributed by atoms with E-state index in [4.69, 9.17) is 14.2 Å². The second-order valence-corrected chi connectivity index (χ2v) is 9.45. The third-order valence-electron chi connectivity index (χ3n) is 7.45. The molecule has 0 radical (unpaired) electrons. The van der Waals surface area contributed by atoms with Crippen LogP contribution in [0.4, 0.5) is 0 Å². The maximum atomic E-state index is 13.1. The number of para-hydroxylation sites is 1. The largest absolute Gasteiger partial charge is 0.497 e. The van der Waals surface area contributed by atoms with E-state index in [2.05, 4.69) is 0 Å². The number of carbonyl (C=O) groups is 2. The van der Waals surface area contributed by atoms with Crippen LogP contribution in [-0.2, 0) is 22.4 Å². The third kappa shape index (κ3) is 5.89. The van der Waals surface area contributed by atoms with Crippen molar-refractivity contribution in [1.29, 1.82) is 0 Å². The molecule has 2 aliphatic heterocycles. The standard InChI is InChI=1S/C28H36N2O5/c1-33-24-9-7-20(8-10-24)17-26(31)30-16-12-22-18-27(32)29(15-13-23(22)19-30)14-11-21-5-4-6-25(34-2)28(21)35-3/h4-10,22-23H,11-19H2,1-3H3. The van der Waals surface area contributed by atoms with Gasteiger partial charge in [-0.3, -0.25) is 9.59 Å². The lowest BCUT2D eigenvalue weighted by molar-refractivity contribution is -0.133. The lowest BCUT2D eigenvalue weighted by Gasteiger charge is -2.37. The number of nitrogens with zero attached hydrogens (tertiary/aromatic N) is 2. The molecule has 7 nitrogen and oxygen atoms in total. The Bertz CT molecular complexity index is 1020. The lowest BCUT2D eigenvalue weighted by Crippen LogP contribution is -2.44. The van der Waals surface area contributed by atoms with Crippen LogP contribution >= 0.6 is 0 Å². The average Bonchev–Trinajstić information content (AvgIpc) is 3.04. The van der Waals surface area contributed by atoms with Gasteiger partial charge in [-0.1, -0.05) is 24.3 Å². The van der Waals surface area contributed by atoms with Crippen molar-refractivity contribution in [3.05, 3.63) is 53.6 Å². The highest BCUT2D eigenvalue weighted by Crippen LogP contribution is 2.34. The fraction of sp³-hybridized carbons (Fsp3) is 0.500. The topological polar surface area (TPSA) is 68.3 Å². The molecule has 0 aliphatic carbocycles. The van der Waals surface area contributed by atoms with Crippen molar-refractivity contribution in [1.82, 2.24) is 9.80 Å². The van der Waals surface area contributed by atoms with Gasteiger partial charge in [-0.2, -0.15) is 0 Å². The maximum absolute atomic E-state index is 13.1. The molecule has 188 valence electrons. The van der Waals surface area contributed by atoms with E-state index in [9.17, 15) is 9.59 Å². The van der Waals surface area contributed by atoms with Gasteiger partial charge >= 0.3 is 0 Å². The van der Waals surface area contributed by atoms with Crippen LogP contribution < -0.4 is 14.2 Å². The highest BCUT2D eigenvalue weighted by molar-refractivity contribution is 5.79. The van der Waals surface area contributed by atoms with Crippen molar-refractivity contribution >= 4 is 11.8 Å². The predicted molar refractivity (Wildman–Crippen MR) is 134 cm³/mol. The molecule has 2 heterocycles. The van der Waals surface area contributed by atoms with Crippen LogP contribution in [0.5, 0.6) is 17.2 Å². The number of benzene rings is 2. The number of carbonyl (C=O) groups excluding carboxylic acids is 2. The van der Waals surface area contributed by atoms with Crippen LogP contribution in [0, 0.1) is 11.8 Å². The Morgan fingerprint density at radius 1 is 0.943 bits per heavy atom. The monoisotopic (exact) mass is 480 g/mol. The van der Waals surface area contributed by atoms with Crippen molar-refractivity contribution < 1.29 is 23.8 Å². The quantitative estimate of drug-likeness (QED) is 0.578. The molecule has 0 aromatic heterocycles. The van der Waals surface area contributed by atoms with E-state index < -0.39 is 0 Å². The summed E-state index contributed by atoms with van der Waals surface area (Å²) in [4.78, 5) is 30.0. The van der Waals surface area contributed by atoms with E-state index in [0.29, 0.717) is 43.4 Å². The second-order valence-electron chi connectivity index (χ2n) is 9.45. The molecule has 0 N–H and O–H groups in total. The first-order valence-electron chi connectivity index (χ1n) is 12.4. The molecule has 35 heavy (non-hydrogen) atoms. The fourth-order valence-corrected chi connectivity index (χ4v) is 5.38. The zero-order chi connectivity index (χ0) is 24.8. The molecule has 2 aromatic rings. The normalized spacial score (nSPS) is 20.1. The van der Waals surface area contributed by atoms with Crippen LogP contribution in [0.3, 0.4) is 0 Å². The number of rotatable bonds is 8. The molecular formula is C28H36N2O5. The first-order chi connectivity index (χ1) is 17.0. The van der Waals surface area contributed by atoms with E-state index in [1.807, 2.05) is 52.3 Å². The van der Waals surface area contributed by atoms with E-state index in [1.165, 1.54) is 0 Å². The zero-order valence-corrected chi connectivity index (χ0v) is 21.0. The lowest BCUT2D eigenvalue weighted by atomic mass is 9.82. The summed E-state index contributed by atoms with van der Waals surface area (Å²) in [6.45, 7) is 2.85. The number of methoxy groups -OCH3 is 3. The Balaban J connectivity index is 1.33. The molecule has 7 heteroatoms. The molecule has 0 bridgehead atoms. The van der Waals surface area contributed by atoms with E-state index in [0.717, 1.165) is 55.1 Å². The number of likely N-dealkylation sites (tertiary alicyclic amines) is 2. The summed E-state index contributed by atoms with van der Waals surface area (Å²) in [6.07, 6.45) is 3.50. The van der Waals surface area contributed by atoms with Gasteiger partial charge in [-0.15, -0.1) is 0 Å². The van der Waals surface area contributed by atoms with Gasteiger partial charge in [0.25, 0.3) is 0 Å². The SMILES string of the molecule is COc1ccc(CC(=O)N2CCC3CC(=O)N(CCc4cccc(OC)c4OC)CCC3C2)cc1. The Hall–Kier alpha value is -3.22. The molecule has 0 spiro atoms. The number of fused-ring (bicyclic) bond motifs is 1. The Morgan fingerprint density at radius 2 is 1.71 bits per heavy atom. The Morgan fingerprint density at radius 3 is 2.43 bits per heavy atom. The third-order valence-corrected chi connectivity index (χ3v) is 7.45. The van der Waals surface area contributed by atoms with Crippen LogP contribution in [0.15, 0.2) is 42.5 Å². The molecule has 2 unspecified atom stereocenters. The van der Waals surface area contributed by atoms with Gasteiger partial charge in [0.1, 0.15) is 5.75 Å². The van der Waals surface area contributed by atoms with Gasteiger partial charge in [0, 0.05) is 32.6 Å². The number of ether oxygens (including phenoxy) is 3. The van der Waals surface area contributed by atoms with Crippen molar-refractivity contribution in [2.75, 3.05) is 47.5 Å². The minimum Gasteiger partial charge on any atom is -0.497 e. The van der Waals surface area contributed by atoms with Gasteiger partial charge < -0.3 is 24.0 Å². The minimum atomic E-state index is 0.158. The van der Waals surface area contributed by atoms with Crippen LogP contribution in [-0.4, -0.2) is 69.1 Å². The number of piperidine rings is 1. The molecule has 2 atom stereocenters. The van der Waals surface area contributed by atoms with Gasteiger partial charge in [-0.05, 0) is 60.4 Å². The van der Waals surface area contributed by atoms with Gasteiger partial charge in [0.15, 0.2) is 11.5 Å². The smallest absolute Gasteiger partial charge is 0.226 e. The first kappa shape index (κ1) is 24.9. The van der Waals surface area contributed by atoms with Gasteiger partial charge in [0.05, 0.1) is 27.8 Å². The zero-order valence-electron chi connectivity index (χ0n) is 21.0. The first-order valence-corrected chi connectivity index (χ1v) is 12.4. The summed E-state index contributed by atoms with van der Waals surface area (Å²) < 4.78 is 16.2. The highest BCUT2D eigenvalue weighted by Gasteiger charge is 2.36. The Labute approximate surface area is 207 Å². The molecule has 0 saturated carbocycles. The summed E-state index contributed by atoms with van der Waals surface area (Å²) in [6, 6.07) is 13.5. The summed E-state index contributed by atoms with van der Waals surface area (Å²) in [5.41, 5.74) is 2.03. The van der Waals surface area contributed by atoms with Crippen LogP contribution in [0.1, 0.15) is 30.4 Å². The van der Waals surface area contributed by atoms with Crippen LogP contribution in [0.2, 0.25) is 0 Å². The summed E-state index contributed by atoms with van der Waals surface area (Å²) >= 11 is 0. The summed E-state index contributed by atoms with van der Waals surface area (Å²) in [5, 5.41) is 0. The van der Waals surface area contributed by atoms with Crippen molar-refractivity contribution in [2.45, 2.75) is 32.1 Å². The van der Waals surface area contributed by atoms with Gasteiger partial charge in [-0.25, -0.2) is 0 Å². The predicted octanol–water partition coefficient (Wildman–Crippen LogP) is 3.58. The summed E-state index contributed by atoms with van der Waals surface area (Å²) in [7, 11) is 4.91. The molecule has 2 aliphatic rings. The van der Waals surface area contributed by atoms with Crippen LogP contribution in [0.25, 0.3) is 0 Å². The number of hydrogen-bond acceptors (Lipinski definition) is 5. The minimum absolute atomic E-state index is 0.158. The fourth-order valence-electron chi connectivity index (χ4n) is 5.38. The maximum Gasteiger partial charge on any atom is 0.226 e. The molecule has 4 rings (SSSR count). The van der Waals surface area contributed by atoms with E-state index in [1.54, 1.807) is 21.3 Å². The molecule has 2 amide bonds. The Kier molecular flexibility index (Phi) is 8.16. The number of hydrogen-bond donors (Lipinski definition) is 0. The molecular weight excluding hydrogens is 444 g/mol. The van der Waals surface area contributed by atoms with E-state index >= 15 is 0 Å². The van der Waals surface area contributed by atoms with Crippen molar-refractivity contribution in [2.24, 2.45) is 11.8 Å². The highest BCUT2D eigenvalue weighted by atomic mass is 16.5. The second kappa shape index (κ2) is 11.5. The van der Waals surface area contributed by atoms with Crippen molar-refractivity contribution in [3.63, 3.8) is 0 Å². The van der Waals surface area contributed by atoms with Gasteiger partial charge in [0.2, 0.25) is 11.8 Å². The average molecular weight is 481 g/mol. The van der Waals surface area contributed by atoms with Crippen molar-refractivity contribution in [3.8, 4) is 17.2 Å².